The number of hydrogen-bond acceptors (Lipinski definition) is 5. The third-order valence-electron chi connectivity index (χ3n) is 4.93. The molecule has 0 unspecified atom stereocenters. The quantitative estimate of drug-likeness (QED) is 0.373. The SMILES string of the molecule is COc1ccc(NC(=O)COc2ccc(/C=C(\C#N)C(=O)Nc3ccc(C)cc3C)cc2)cc1. The van der Waals surface area contributed by atoms with Crippen LogP contribution >= 0.6 is 0 Å². The highest BCUT2D eigenvalue weighted by molar-refractivity contribution is 6.10. The molecule has 7 nitrogen and oxygen atoms in total. The number of nitrogens with zero attached hydrogens (tertiary/aromatic N) is 1. The molecule has 34 heavy (non-hydrogen) atoms. The second-order valence-electron chi connectivity index (χ2n) is 7.58. The van der Waals surface area contributed by atoms with Crippen molar-refractivity contribution in [2.24, 2.45) is 0 Å². The van der Waals surface area contributed by atoms with Gasteiger partial charge in [-0.1, -0.05) is 29.8 Å². The molecule has 0 aliphatic heterocycles. The molecule has 0 saturated heterocycles. The van der Waals surface area contributed by atoms with E-state index in [9.17, 15) is 14.9 Å². The maximum Gasteiger partial charge on any atom is 0.266 e. The van der Waals surface area contributed by atoms with Gasteiger partial charge in [-0.05, 0) is 73.5 Å². The second-order valence-corrected chi connectivity index (χ2v) is 7.58. The zero-order valence-electron chi connectivity index (χ0n) is 19.2. The Morgan fingerprint density at radius 1 is 0.941 bits per heavy atom. The first-order valence-electron chi connectivity index (χ1n) is 10.5. The number of carbonyl (C=O) groups excluding carboxylic acids is 2. The van der Waals surface area contributed by atoms with E-state index in [1.54, 1.807) is 55.6 Å². The van der Waals surface area contributed by atoms with Gasteiger partial charge in [0.1, 0.15) is 23.1 Å². The van der Waals surface area contributed by atoms with E-state index in [0.717, 1.165) is 11.1 Å². The van der Waals surface area contributed by atoms with E-state index in [2.05, 4.69) is 10.6 Å². The van der Waals surface area contributed by atoms with Gasteiger partial charge in [0.15, 0.2) is 6.61 Å². The summed E-state index contributed by atoms with van der Waals surface area (Å²) in [6.07, 6.45) is 1.50. The highest BCUT2D eigenvalue weighted by Crippen LogP contribution is 2.19. The Bertz CT molecular complexity index is 1240. The molecule has 3 aromatic carbocycles. The minimum absolute atomic E-state index is 0.0208. The Morgan fingerprint density at radius 2 is 1.62 bits per heavy atom. The van der Waals surface area contributed by atoms with E-state index in [1.165, 1.54) is 6.08 Å². The Balaban J connectivity index is 1.57. The van der Waals surface area contributed by atoms with Crippen molar-refractivity contribution < 1.29 is 19.1 Å². The van der Waals surface area contributed by atoms with Gasteiger partial charge in [0.25, 0.3) is 11.8 Å². The zero-order valence-corrected chi connectivity index (χ0v) is 19.2. The molecule has 2 N–H and O–H groups in total. The maximum absolute atomic E-state index is 12.5. The van der Waals surface area contributed by atoms with Crippen LogP contribution in [0.2, 0.25) is 0 Å². The smallest absolute Gasteiger partial charge is 0.266 e. The van der Waals surface area contributed by atoms with Gasteiger partial charge < -0.3 is 20.1 Å². The van der Waals surface area contributed by atoms with E-state index in [1.807, 2.05) is 38.1 Å². The van der Waals surface area contributed by atoms with Crippen LogP contribution in [0.25, 0.3) is 6.08 Å². The van der Waals surface area contributed by atoms with Crippen LogP contribution in [0.3, 0.4) is 0 Å². The van der Waals surface area contributed by atoms with Crippen LogP contribution < -0.4 is 20.1 Å². The van der Waals surface area contributed by atoms with Crippen LogP contribution in [0.4, 0.5) is 11.4 Å². The molecular formula is C27H25N3O4. The van der Waals surface area contributed by atoms with Gasteiger partial charge in [-0.25, -0.2) is 0 Å². The predicted molar refractivity (Wildman–Crippen MR) is 132 cm³/mol. The van der Waals surface area contributed by atoms with E-state index in [0.29, 0.717) is 28.4 Å². The van der Waals surface area contributed by atoms with Crippen molar-refractivity contribution in [3.05, 3.63) is 89.0 Å². The molecule has 7 heteroatoms. The van der Waals surface area contributed by atoms with Crippen LogP contribution in [0.1, 0.15) is 16.7 Å². The van der Waals surface area contributed by atoms with Crippen LogP contribution in [0, 0.1) is 25.2 Å². The number of aryl methyl sites for hydroxylation is 2. The Kier molecular flexibility index (Phi) is 8.03. The topological polar surface area (TPSA) is 100 Å². The summed E-state index contributed by atoms with van der Waals surface area (Å²) in [6, 6.07) is 21.3. The monoisotopic (exact) mass is 455 g/mol. The van der Waals surface area contributed by atoms with Crippen molar-refractivity contribution in [2.75, 3.05) is 24.4 Å². The van der Waals surface area contributed by atoms with Gasteiger partial charge in [0.05, 0.1) is 7.11 Å². The minimum atomic E-state index is -0.481. The van der Waals surface area contributed by atoms with Gasteiger partial charge in [-0.15, -0.1) is 0 Å². The number of anilines is 2. The molecule has 0 aliphatic carbocycles. The van der Waals surface area contributed by atoms with Crippen molar-refractivity contribution in [2.45, 2.75) is 13.8 Å². The standard InChI is InChI=1S/C27H25N3O4/c1-18-4-13-25(19(2)14-18)30-27(32)21(16-28)15-20-5-9-24(10-6-20)34-17-26(31)29-22-7-11-23(33-3)12-8-22/h4-15H,17H2,1-3H3,(H,29,31)(H,30,32)/b21-15+. The highest BCUT2D eigenvalue weighted by Gasteiger charge is 2.11. The van der Waals surface area contributed by atoms with Crippen LogP contribution in [0.15, 0.2) is 72.3 Å². The average molecular weight is 456 g/mol. The summed E-state index contributed by atoms with van der Waals surface area (Å²) in [4.78, 5) is 24.6. The van der Waals surface area contributed by atoms with E-state index < -0.39 is 5.91 Å². The lowest BCUT2D eigenvalue weighted by atomic mass is 10.1. The fourth-order valence-corrected chi connectivity index (χ4v) is 3.14. The first kappa shape index (κ1) is 24.1. The lowest BCUT2D eigenvalue weighted by Crippen LogP contribution is -2.20. The number of nitriles is 1. The fraction of sp³-hybridized carbons (Fsp3) is 0.148. The Hall–Kier alpha value is -4.57. The highest BCUT2D eigenvalue weighted by atomic mass is 16.5. The van der Waals surface area contributed by atoms with Crippen molar-refractivity contribution in [1.82, 2.24) is 0 Å². The third-order valence-corrected chi connectivity index (χ3v) is 4.93. The number of carbonyl (C=O) groups is 2. The molecule has 0 atom stereocenters. The molecule has 3 aromatic rings. The van der Waals surface area contributed by atoms with Gasteiger partial charge in [-0.3, -0.25) is 9.59 Å². The first-order chi connectivity index (χ1) is 16.4. The lowest BCUT2D eigenvalue weighted by molar-refractivity contribution is -0.118. The molecule has 0 fully saturated rings. The van der Waals surface area contributed by atoms with Gasteiger partial charge in [0, 0.05) is 11.4 Å². The van der Waals surface area contributed by atoms with E-state index in [4.69, 9.17) is 9.47 Å². The second kappa shape index (κ2) is 11.3. The Labute approximate surface area is 198 Å². The number of rotatable bonds is 8. The lowest BCUT2D eigenvalue weighted by Gasteiger charge is -2.09. The zero-order chi connectivity index (χ0) is 24.5. The summed E-state index contributed by atoms with van der Waals surface area (Å²) in [5.74, 6) is 0.403. The Morgan fingerprint density at radius 3 is 2.24 bits per heavy atom. The molecule has 2 amide bonds. The maximum atomic E-state index is 12.5. The van der Waals surface area contributed by atoms with Crippen LogP contribution in [-0.4, -0.2) is 25.5 Å². The molecule has 0 aliphatic rings. The third kappa shape index (κ3) is 6.71. The number of methoxy groups -OCH3 is 1. The summed E-state index contributed by atoms with van der Waals surface area (Å²) in [5.41, 5.74) is 3.94. The predicted octanol–water partition coefficient (Wildman–Crippen LogP) is 4.88. The number of nitrogens with one attached hydrogen (secondary N) is 2. The first-order valence-corrected chi connectivity index (χ1v) is 10.5. The molecule has 0 spiro atoms. The largest absolute Gasteiger partial charge is 0.497 e. The number of amides is 2. The van der Waals surface area contributed by atoms with Gasteiger partial charge in [-0.2, -0.15) is 5.26 Å². The molecule has 172 valence electrons. The summed E-state index contributed by atoms with van der Waals surface area (Å²) >= 11 is 0. The molecule has 0 bridgehead atoms. The summed E-state index contributed by atoms with van der Waals surface area (Å²) in [7, 11) is 1.57. The molecule has 0 aromatic heterocycles. The summed E-state index contributed by atoms with van der Waals surface area (Å²) in [5, 5.41) is 15.0. The van der Waals surface area contributed by atoms with Crippen molar-refractivity contribution in [1.29, 1.82) is 5.26 Å². The molecule has 0 heterocycles. The number of ether oxygens (including phenoxy) is 2. The summed E-state index contributed by atoms with van der Waals surface area (Å²) in [6.45, 7) is 3.71. The minimum Gasteiger partial charge on any atom is -0.497 e. The van der Waals surface area contributed by atoms with E-state index >= 15 is 0 Å². The van der Waals surface area contributed by atoms with Crippen molar-refractivity contribution in [3.63, 3.8) is 0 Å². The molecule has 0 saturated carbocycles. The average Bonchev–Trinajstić information content (AvgIpc) is 2.84. The van der Waals surface area contributed by atoms with E-state index in [-0.39, 0.29) is 18.1 Å². The van der Waals surface area contributed by atoms with Crippen molar-refractivity contribution in [3.8, 4) is 17.6 Å². The molecule has 3 rings (SSSR count). The van der Waals surface area contributed by atoms with Crippen LogP contribution in [0.5, 0.6) is 11.5 Å². The normalized spacial score (nSPS) is 10.7. The number of benzene rings is 3. The van der Waals surface area contributed by atoms with Gasteiger partial charge >= 0.3 is 0 Å². The summed E-state index contributed by atoms with van der Waals surface area (Å²) < 4.78 is 10.6. The molecular weight excluding hydrogens is 430 g/mol. The van der Waals surface area contributed by atoms with Crippen molar-refractivity contribution >= 4 is 29.3 Å². The van der Waals surface area contributed by atoms with Crippen LogP contribution in [-0.2, 0) is 9.59 Å². The fourth-order valence-electron chi connectivity index (χ4n) is 3.14. The number of hydrogen-bond donors (Lipinski definition) is 2. The van der Waals surface area contributed by atoms with Gasteiger partial charge in [0.2, 0.25) is 0 Å². The molecule has 0 radical (unpaired) electrons.